The lowest BCUT2D eigenvalue weighted by atomic mass is 9.65. The van der Waals surface area contributed by atoms with Crippen LogP contribution in [-0.4, -0.2) is 17.2 Å². The molecular weight excluding hydrogens is 486 g/mol. The van der Waals surface area contributed by atoms with Crippen LogP contribution in [0.2, 0.25) is 5.02 Å². The number of ketones is 1. The summed E-state index contributed by atoms with van der Waals surface area (Å²) in [5, 5.41) is 1.31. The van der Waals surface area contributed by atoms with E-state index in [1.165, 1.54) is 12.1 Å². The number of hydrogen-bond donors (Lipinski definition) is 0. The molecule has 3 aromatic carbocycles. The Bertz CT molecular complexity index is 1710. The molecule has 3 heterocycles. The van der Waals surface area contributed by atoms with Crippen molar-refractivity contribution in [2.45, 2.75) is 38.1 Å². The number of anilines is 1. The molecule has 5 nitrogen and oxygen atoms in total. The summed E-state index contributed by atoms with van der Waals surface area (Å²) >= 11 is 6.17. The van der Waals surface area contributed by atoms with Gasteiger partial charge >= 0.3 is 5.63 Å². The van der Waals surface area contributed by atoms with Gasteiger partial charge in [-0.05, 0) is 61.7 Å². The number of carbonyl (C=O) groups is 2. The lowest BCUT2D eigenvalue weighted by Gasteiger charge is -2.49. The van der Waals surface area contributed by atoms with Gasteiger partial charge in [0.1, 0.15) is 11.1 Å². The van der Waals surface area contributed by atoms with Crippen LogP contribution in [0, 0.1) is 0 Å². The maximum Gasteiger partial charge on any atom is 0.347 e. The molecule has 0 aliphatic carbocycles. The third kappa shape index (κ3) is 3.49. The van der Waals surface area contributed by atoms with Crippen molar-refractivity contribution in [3.8, 4) is 0 Å². The van der Waals surface area contributed by atoms with Crippen molar-refractivity contribution < 1.29 is 14.0 Å². The summed E-state index contributed by atoms with van der Waals surface area (Å²) in [7, 11) is 0. The summed E-state index contributed by atoms with van der Waals surface area (Å²) in [5.74, 6) is -0.803. The fraction of sp³-hybridized carbons (Fsp3) is 0.194. The summed E-state index contributed by atoms with van der Waals surface area (Å²) in [6.45, 7) is 6.27. The van der Waals surface area contributed by atoms with Gasteiger partial charge < -0.3 is 9.32 Å². The molecule has 37 heavy (non-hydrogen) atoms. The third-order valence-corrected chi connectivity index (χ3v) is 7.88. The van der Waals surface area contributed by atoms with Crippen molar-refractivity contribution in [1.82, 2.24) is 0 Å². The van der Waals surface area contributed by atoms with Gasteiger partial charge in [-0.25, -0.2) is 4.79 Å². The highest BCUT2D eigenvalue weighted by atomic mass is 35.5. The van der Waals surface area contributed by atoms with Gasteiger partial charge in [0, 0.05) is 26.9 Å². The van der Waals surface area contributed by atoms with Crippen LogP contribution in [0.15, 0.2) is 88.1 Å². The molecule has 1 unspecified atom stereocenters. The van der Waals surface area contributed by atoms with E-state index in [4.69, 9.17) is 16.0 Å². The average molecular weight is 510 g/mol. The van der Waals surface area contributed by atoms with Crippen LogP contribution in [0.3, 0.4) is 0 Å². The number of benzene rings is 3. The highest BCUT2D eigenvalue weighted by molar-refractivity contribution is 6.37. The summed E-state index contributed by atoms with van der Waals surface area (Å²) in [6, 6.07) is 22.2. The quantitative estimate of drug-likeness (QED) is 0.178. The van der Waals surface area contributed by atoms with Crippen molar-refractivity contribution in [2.24, 2.45) is 0 Å². The van der Waals surface area contributed by atoms with Crippen molar-refractivity contribution >= 4 is 45.5 Å². The molecule has 184 valence electrons. The minimum Gasteiger partial charge on any atom is -0.422 e. The first-order valence-corrected chi connectivity index (χ1v) is 12.5. The smallest absolute Gasteiger partial charge is 0.347 e. The Morgan fingerprint density at radius 1 is 0.973 bits per heavy atom. The molecule has 0 saturated carbocycles. The summed E-state index contributed by atoms with van der Waals surface area (Å²) in [6.07, 6.45) is 1.96. The highest BCUT2D eigenvalue weighted by Gasteiger charge is 2.52. The van der Waals surface area contributed by atoms with Gasteiger partial charge in [-0.1, -0.05) is 67.1 Å². The maximum atomic E-state index is 13.8. The number of rotatable bonds is 3. The fourth-order valence-corrected chi connectivity index (χ4v) is 6.18. The second-order valence-corrected chi connectivity index (χ2v) is 11.0. The first kappa shape index (κ1) is 23.4. The van der Waals surface area contributed by atoms with Crippen molar-refractivity contribution in [3.63, 3.8) is 0 Å². The number of carbonyl (C=O) groups excluding carboxylic acids is 2. The Balaban J connectivity index is 1.52. The number of fused-ring (bicyclic) bond motifs is 1. The van der Waals surface area contributed by atoms with E-state index in [9.17, 15) is 14.4 Å². The molecule has 6 rings (SSSR count). The Labute approximate surface area is 219 Å². The third-order valence-electron chi connectivity index (χ3n) is 7.63. The molecule has 4 aromatic rings. The van der Waals surface area contributed by atoms with Crippen molar-refractivity contribution in [3.05, 3.63) is 117 Å². The molecule has 0 bridgehead atoms. The van der Waals surface area contributed by atoms with Crippen LogP contribution >= 0.6 is 11.6 Å². The Kier molecular flexibility index (Phi) is 5.08. The van der Waals surface area contributed by atoms with E-state index in [-0.39, 0.29) is 22.5 Å². The number of halogens is 1. The van der Waals surface area contributed by atoms with E-state index < -0.39 is 16.9 Å². The number of hydrogen-bond acceptors (Lipinski definition) is 4. The van der Waals surface area contributed by atoms with Gasteiger partial charge in [0.2, 0.25) is 0 Å². The zero-order valence-electron chi connectivity index (χ0n) is 20.7. The van der Waals surface area contributed by atoms with Gasteiger partial charge in [-0.3, -0.25) is 9.59 Å². The average Bonchev–Trinajstić information content (AvgIpc) is 3.15. The minimum absolute atomic E-state index is 0.102. The number of nitrogens with zero attached hydrogens (tertiary/aromatic N) is 1. The monoisotopic (exact) mass is 509 g/mol. The lowest BCUT2D eigenvalue weighted by molar-refractivity contribution is -0.114. The normalized spacial score (nSPS) is 20.9. The SMILES string of the molecule is CC1(c2ccc(Cl)cc2)CC(C)(C)N2C(=O)/C(=C\C(=O)c3cc4ccccc4oc3=O)c3cccc1c32. The second-order valence-electron chi connectivity index (χ2n) is 10.6. The van der Waals surface area contributed by atoms with Gasteiger partial charge in [0.25, 0.3) is 5.91 Å². The number of para-hydroxylation sites is 2. The summed E-state index contributed by atoms with van der Waals surface area (Å²) < 4.78 is 5.35. The molecule has 1 atom stereocenters. The van der Waals surface area contributed by atoms with Gasteiger partial charge in [-0.2, -0.15) is 0 Å². The van der Waals surface area contributed by atoms with E-state index in [0.717, 1.165) is 16.8 Å². The minimum atomic E-state index is -0.725. The van der Waals surface area contributed by atoms with E-state index >= 15 is 0 Å². The summed E-state index contributed by atoms with van der Waals surface area (Å²) in [5.41, 5.74) is 2.57. The number of allylic oxidation sites excluding steroid dienone is 1. The molecule has 0 fully saturated rings. The lowest BCUT2D eigenvalue weighted by Crippen LogP contribution is -2.54. The molecule has 2 aliphatic rings. The van der Waals surface area contributed by atoms with E-state index in [2.05, 4.69) is 6.92 Å². The zero-order valence-corrected chi connectivity index (χ0v) is 21.4. The van der Waals surface area contributed by atoms with Gasteiger partial charge in [-0.15, -0.1) is 0 Å². The first-order chi connectivity index (χ1) is 17.6. The van der Waals surface area contributed by atoms with Crippen molar-refractivity contribution in [1.29, 1.82) is 0 Å². The predicted octanol–water partition coefficient (Wildman–Crippen LogP) is 6.55. The number of amides is 1. The largest absolute Gasteiger partial charge is 0.422 e. The molecule has 1 aromatic heterocycles. The molecular formula is C31H24ClNO4. The van der Waals surface area contributed by atoms with E-state index in [0.29, 0.717) is 28.0 Å². The van der Waals surface area contributed by atoms with Crippen LogP contribution in [-0.2, 0) is 10.2 Å². The van der Waals surface area contributed by atoms with Crippen LogP contribution in [0.5, 0.6) is 0 Å². The first-order valence-electron chi connectivity index (χ1n) is 12.1. The Morgan fingerprint density at radius 2 is 1.70 bits per heavy atom. The topological polar surface area (TPSA) is 67.6 Å². The Hall–Kier alpha value is -3.96. The van der Waals surface area contributed by atoms with E-state index in [1.807, 2.05) is 56.3 Å². The zero-order chi connectivity index (χ0) is 26.1. The fourth-order valence-electron chi connectivity index (χ4n) is 6.06. The van der Waals surface area contributed by atoms with Crippen LogP contribution < -0.4 is 10.5 Å². The molecule has 0 spiro atoms. The molecule has 1 amide bonds. The molecule has 6 heteroatoms. The molecule has 2 aliphatic heterocycles. The Morgan fingerprint density at radius 3 is 2.46 bits per heavy atom. The predicted molar refractivity (Wildman–Crippen MR) is 145 cm³/mol. The van der Waals surface area contributed by atoms with Crippen LogP contribution in [0.25, 0.3) is 16.5 Å². The summed E-state index contributed by atoms with van der Waals surface area (Å²) in [4.78, 5) is 41.6. The maximum absolute atomic E-state index is 13.8. The highest BCUT2D eigenvalue weighted by Crippen LogP contribution is 2.56. The molecule has 0 saturated heterocycles. The van der Waals surface area contributed by atoms with Crippen LogP contribution in [0.4, 0.5) is 5.69 Å². The van der Waals surface area contributed by atoms with Crippen LogP contribution in [0.1, 0.15) is 54.2 Å². The van der Waals surface area contributed by atoms with E-state index in [1.54, 1.807) is 29.2 Å². The van der Waals surface area contributed by atoms with Gasteiger partial charge in [0.05, 0.1) is 11.3 Å². The molecule has 0 radical (unpaired) electrons. The van der Waals surface area contributed by atoms with Gasteiger partial charge in [0.15, 0.2) is 5.78 Å². The molecule has 0 N–H and O–H groups in total. The standard InChI is InChI=1S/C31H24ClNO4/c1-30(2)17-31(3,19-11-13-20(32)14-12-19)24-9-6-8-21-22(28(35)33(30)27(21)24)16-25(34)23-15-18-7-4-5-10-26(18)37-29(23)36/h4-16H,17H2,1-3H3/b22-16-. The van der Waals surface area contributed by atoms with Crippen molar-refractivity contribution in [2.75, 3.05) is 4.90 Å². The second kappa shape index (κ2) is 8.02.